The lowest BCUT2D eigenvalue weighted by atomic mass is 10.1. The summed E-state index contributed by atoms with van der Waals surface area (Å²) in [6, 6.07) is 4.87. The molecule has 88 valence electrons. The third-order valence-electron chi connectivity index (χ3n) is 2.20. The number of hydrogen-bond acceptors (Lipinski definition) is 5. The topological polar surface area (TPSA) is 90.4 Å². The largest absolute Gasteiger partial charge is 0.497 e. The SMILES string of the molecule is COc1ccc(N)c(C(=O)Nc2cnoc2)c1. The lowest BCUT2D eigenvalue weighted by molar-refractivity contribution is 0.102. The summed E-state index contributed by atoms with van der Waals surface area (Å²) in [5.74, 6) is 0.222. The van der Waals surface area contributed by atoms with Crippen molar-refractivity contribution in [1.29, 1.82) is 0 Å². The Morgan fingerprint density at radius 3 is 3.00 bits per heavy atom. The first-order chi connectivity index (χ1) is 8.20. The van der Waals surface area contributed by atoms with Crippen molar-refractivity contribution in [2.45, 2.75) is 0 Å². The van der Waals surface area contributed by atoms with Crippen molar-refractivity contribution >= 4 is 17.3 Å². The van der Waals surface area contributed by atoms with Gasteiger partial charge in [-0.25, -0.2) is 0 Å². The van der Waals surface area contributed by atoms with Gasteiger partial charge in [0, 0.05) is 5.69 Å². The highest BCUT2D eigenvalue weighted by Crippen LogP contribution is 2.20. The molecule has 1 aromatic heterocycles. The number of nitrogens with zero attached hydrogens (tertiary/aromatic N) is 1. The fraction of sp³-hybridized carbons (Fsp3) is 0.0909. The summed E-state index contributed by atoms with van der Waals surface area (Å²) in [6.07, 6.45) is 2.72. The molecule has 0 saturated heterocycles. The van der Waals surface area contributed by atoms with Crippen molar-refractivity contribution in [3.63, 3.8) is 0 Å². The average Bonchev–Trinajstić information content (AvgIpc) is 2.82. The minimum Gasteiger partial charge on any atom is -0.497 e. The van der Waals surface area contributed by atoms with Gasteiger partial charge in [-0.2, -0.15) is 0 Å². The number of nitrogen functional groups attached to an aromatic ring is 1. The summed E-state index contributed by atoms with van der Waals surface area (Å²) in [6.45, 7) is 0. The number of methoxy groups -OCH3 is 1. The maximum Gasteiger partial charge on any atom is 0.258 e. The van der Waals surface area contributed by atoms with Gasteiger partial charge in [0.15, 0.2) is 0 Å². The van der Waals surface area contributed by atoms with Crippen LogP contribution in [0.1, 0.15) is 10.4 Å². The van der Waals surface area contributed by atoms with Gasteiger partial charge in [0.05, 0.1) is 18.9 Å². The van der Waals surface area contributed by atoms with Crippen molar-refractivity contribution in [2.24, 2.45) is 0 Å². The number of nitrogens with one attached hydrogen (secondary N) is 1. The molecule has 1 amide bonds. The Labute approximate surface area is 97.3 Å². The highest BCUT2D eigenvalue weighted by molar-refractivity contribution is 6.07. The monoisotopic (exact) mass is 233 g/mol. The first-order valence-electron chi connectivity index (χ1n) is 4.85. The van der Waals surface area contributed by atoms with E-state index in [1.54, 1.807) is 18.2 Å². The molecule has 6 heteroatoms. The zero-order valence-corrected chi connectivity index (χ0v) is 9.14. The highest BCUT2D eigenvalue weighted by atomic mass is 16.5. The van der Waals surface area contributed by atoms with Crippen LogP contribution < -0.4 is 15.8 Å². The van der Waals surface area contributed by atoms with Gasteiger partial charge in [-0.15, -0.1) is 0 Å². The van der Waals surface area contributed by atoms with Gasteiger partial charge in [0.1, 0.15) is 17.7 Å². The Kier molecular flexibility index (Phi) is 2.95. The molecule has 0 aliphatic carbocycles. The van der Waals surface area contributed by atoms with Crippen LogP contribution in [0.5, 0.6) is 5.75 Å². The standard InChI is InChI=1S/C11H11N3O3/c1-16-8-2-3-10(12)9(4-8)11(15)14-7-5-13-17-6-7/h2-6H,12H2,1H3,(H,14,15). The molecule has 0 fully saturated rings. The van der Waals surface area contributed by atoms with Gasteiger partial charge >= 0.3 is 0 Å². The number of carbonyl (C=O) groups excluding carboxylic acids is 1. The molecule has 0 atom stereocenters. The first-order valence-corrected chi connectivity index (χ1v) is 4.85. The van der Waals surface area contributed by atoms with Gasteiger partial charge in [0.25, 0.3) is 5.91 Å². The van der Waals surface area contributed by atoms with E-state index in [0.717, 1.165) is 0 Å². The lowest BCUT2D eigenvalue weighted by Crippen LogP contribution is -2.13. The van der Waals surface area contributed by atoms with Crippen LogP contribution in [0, 0.1) is 0 Å². The van der Waals surface area contributed by atoms with Crippen LogP contribution in [0.25, 0.3) is 0 Å². The van der Waals surface area contributed by atoms with Crippen LogP contribution >= 0.6 is 0 Å². The Morgan fingerprint density at radius 1 is 1.53 bits per heavy atom. The zero-order valence-electron chi connectivity index (χ0n) is 9.14. The fourth-order valence-electron chi connectivity index (χ4n) is 1.32. The Morgan fingerprint density at radius 2 is 2.35 bits per heavy atom. The van der Waals surface area contributed by atoms with Crippen LogP contribution in [-0.4, -0.2) is 18.2 Å². The van der Waals surface area contributed by atoms with Gasteiger partial charge in [-0.05, 0) is 18.2 Å². The minimum absolute atomic E-state index is 0.338. The van der Waals surface area contributed by atoms with E-state index in [-0.39, 0.29) is 5.91 Å². The van der Waals surface area contributed by atoms with E-state index in [4.69, 9.17) is 10.5 Å². The molecule has 1 heterocycles. The molecule has 1 aromatic carbocycles. The zero-order chi connectivity index (χ0) is 12.3. The second-order valence-electron chi connectivity index (χ2n) is 3.32. The number of hydrogen-bond donors (Lipinski definition) is 2. The fourth-order valence-corrected chi connectivity index (χ4v) is 1.32. The van der Waals surface area contributed by atoms with Gasteiger partial charge in [-0.1, -0.05) is 5.16 Å². The number of carbonyl (C=O) groups is 1. The number of amides is 1. The predicted molar refractivity (Wildman–Crippen MR) is 61.9 cm³/mol. The van der Waals surface area contributed by atoms with Crippen LogP contribution in [0.15, 0.2) is 35.2 Å². The van der Waals surface area contributed by atoms with E-state index >= 15 is 0 Å². The molecule has 0 aliphatic heterocycles. The molecule has 0 saturated carbocycles. The number of aromatic nitrogens is 1. The van der Waals surface area contributed by atoms with Gasteiger partial charge in [0.2, 0.25) is 0 Å². The second kappa shape index (κ2) is 4.56. The highest BCUT2D eigenvalue weighted by Gasteiger charge is 2.12. The van der Waals surface area contributed by atoms with Crippen LogP contribution in [0.3, 0.4) is 0 Å². The van der Waals surface area contributed by atoms with E-state index in [1.807, 2.05) is 0 Å². The van der Waals surface area contributed by atoms with E-state index in [1.165, 1.54) is 19.6 Å². The number of rotatable bonds is 3. The molecule has 17 heavy (non-hydrogen) atoms. The van der Waals surface area contributed by atoms with Crippen LogP contribution in [0.4, 0.5) is 11.4 Å². The first kappa shape index (κ1) is 11.0. The molecular formula is C11H11N3O3. The van der Waals surface area contributed by atoms with Crippen LogP contribution in [-0.2, 0) is 0 Å². The molecule has 3 N–H and O–H groups in total. The van der Waals surface area contributed by atoms with Crippen molar-refractivity contribution < 1.29 is 14.1 Å². The molecule has 2 aromatic rings. The second-order valence-corrected chi connectivity index (χ2v) is 3.32. The van der Waals surface area contributed by atoms with Crippen molar-refractivity contribution in [2.75, 3.05) is 18.2 Å². The van der Waals surface area contributed by atoms with E-state index in [0.29, 0.717) is 22.7 Å². The third kappa shape index (κ3) is 2.36. The Balaban J connectivity index is 2.24. The number of nitrogens with two attached hydrogens (primary N) is 1. The lowest BCUT2D eigenvalue weighted by Gasteiger charge is -2.07. The Hall–Kier alpha value is -2.50. The summed E-state index contributed by atoms with van der Waals surface area (Å²) in [7, 11) is 1.52. The third-order valence-corrected chi connectivity index (χ3v) is 2.20. The van der Waals surface area contributed by atoms with E-state index in [2.05, 4.69) is 15.0 Å². The number of ether oxygens (including phenoxy) is 1. The summed E-state index contributed by atoms with van der Waals surface area (Å²) in [5, 5.41) is 6.08. The normalized spacial score (nSPS) is 9.94. The molecule has 0 unspecified atom stereocenters. The Bertz CT molecular complexity index is 523. The van der Waals surface area contributed by atoms with Crippen LogP contribution in [0.2, 0.25) is 0 Å². The smallest absolute Gasteiger partial charge is 0.258 e. The van der Waals surface area contributed by atoms with Gasteiger partial charge in [-0.3, -0.25) is 4.79 Å². The minimum atomic E-state index is -0.343. The van der Waals surface area contributed by atoms with Crippen molar-refractivity contribution in [1.82, 2.24) is 5.16 Å². The summed E-state index contributed by atoms with van der Waals surface area (Å²) in [4.78, 5) is 11.9. The van der Waals surface area contributed by atoms with E-state index in [9.17, 15) is 4.79 Å². The average molecular weight is 233 g/mol. The maximum absolute atomic E-state index is 11.9. The summed E-state index contributed by atoms with van der Waals surface area (Å²) < 4.78 is 9.63. The quantitative estimate of drug-likeness (QED) is 0.784. The molecule has 6 nitrogen and oxygen atoms in total. The van der Waals surface area contributed by atoms with E-state index < -0.39 is 0 Å². The molecule has 0 spiro atoms. The molecular weight excluding hydrogens is 222 g/mol. The molecule has 0 bridgehead atoms. The number of anilines is 2. The molecule has 2 rings (SSSR count). The molecule has 0 aliphatic rings. The van der Waals surface area contributed by atoms with Gasteiger partial charge < -0.3 is 20.3 Å². The maximum atomic E-state index is 11.9. The predicted octanol–water partition coefficient (Wildman–Crippen LogP) is 1.52. The van der Waals surface area contributed by atoms with Crippen molar-refractivity contribution in [3.8, 4) is 5.75 Å². The summed E-state index contributed by atoms with van der Waals surface area (Å²) in [5.41, 5.74) is 6.90. The summed E-state index contributed by atoms with van der Waals surface area (Å²) >= 11 is 0. The number of benzene rings is 1. The molecule has 0 radical (unpaired) electrons. The van der Waals surface area contributed by atoms with Crippen molar-refractivity contribution in [3.05, 3.63) is 36.2 Å².